The van der Waals surface area contributed by atoms with Crippen LogP contribution in [0.2, 0.25) is 0 Å². The summed E-state index contributed by atoms with van der Waals surface area (Å²) in [4.78, 5) is 47.8. The molecule has 1 amide bonds. The van der Waals surface area contributed by atoms with Crippen molar-refractivity contribution in [3.05, 3.63) is 63.9 Å². The average Bonchev–Trinajstić information content (AvgIpc) is 3.34. The Morgan fingerprint density at radius 3 is 2.38 bits per heavy atom. The van der Waals surface area contributed by atoms with Crippen molar-refractivity contribution in [1.29, 1.82) is 0 Å². The van der Waals surface area contributed by atoms with Gasteiger partial charge in [0.2, 0.25) is 11.7 Å². The number of hydrogen-bond acceptors (Lipinski definition) is 10. The molecule has 6 rings (SSSR count). The fraction of sp³-hybridized carbons (Fsp3) is 0.355. The average molecular weight is 573 g/mol. The minimum Gasteiger partial charge on any atom is -0.508 e. The molecule has 2 aromatic carbocycles. The Balaban J connectivity index is 1.60. The lowest BCUT2D eigenvalue weighted by Gasteiger charge is -2.50. The number of anilines is 1. The second-order valence-corrected chi connectivity index (χ2v) is 11.8. The van der Waals surface area contributed by atoms with E-state index in [1.807, 2.05) is 56.3 Å². The predicted molar refractivity (Wildman–Crippen MR) is 155 cm³/mol. The number of likely N-dealkylation sites (N-methyl/N-ethyl adjacent to an activating group) is 1. The largest absolute Gasteiger partial charge is 0.508 e. The first kappa shape index (κ1) is 27.7. The standard InChI is InChI=1S/C31H32N4O7/c1-13-6-8-14(9-7-13)30-33-18-12-19(34(2)3)16-10-15-11-17-23(35(4)5)25(37)22(29(32)40)28(39)31(17,41)27(38)20(15)24(36)21(16)26(18)42-30/h6-9,12,15,17,23,36,39,41H,10-11H2,1-5H3,(H2,32,40)/t15?,17?,23-,31-/m0/s1. The molecule has 0 aliphatic heterocycles. The number of nitrogens with two attached hydrogens (primary N) is 1. The fourth-order valence-electron chi connectivity index (χ4n) is 6.90. The van der Waals surface area contributed by atoms with Gasteiger partial charge in [0.1, 0.15) is 22.6 Å². The number of aromatic nitrogens is 1. The topological polar surface area (TPSA) is 170 Å². The number of primary amides is 1. The quantitative estimate of drug-likeness (QED) is 0.341. The Bertz CT molecular complexity index is 1770. The maximum absolute atomic E-state index is 14.2. The van der Waals surface area contributed by atoms with E-state index in [1.165, 1.54) is 4.90 Å². The third-order valence-corrected chi connectivity index (χ3v) is 8.86. The predicted octanol–water partition coefficient (Wildman–Crippen LogP) is 2.44. The SMILES string of the molecule is Cc1ccc(-c2nc3cc(N(C)C)c4c(c3o2)C(O)=C2C(=O)[C@]3(O)C(O)=C(C(N)=O)C(=O)[C@@H](N(C)C)C3CC2C4)cc1. The van der Waals surface area contributed by atoms with Gasteiger partial charge in [0.15, 0.2) is 17.0 Å². The lowest BCUT2D eigenvalue weighted by Crippen LogP contribution is -2.65. The molecule has 0 bridgehead atoms. The second-order valence-electron chi connectivity index (χ2n) is 11.8. The number of fused-ring (bicyclic) bond motifs is 5. The van der Waals surface area contributed by atoms with Crippen LogP contribution in [0, 0.1) is 18.8 Å². The number of amides is 1. The molecule has 2 unspecified atom stereocenters. The summed E-state index contributed by atoms with van der Waals surface area (Å²) >= 11 is 0. The van der Waals surface area contributed by atoms with Gasteiger partial charge in [-0.05, 0) is 63.5 Å². The second kappa shape index (κ2) is 9.27. The lowest BCUT2D eigenvalue weighted by atomic mass is 9.57. The van der Waals surface area contributed by atoms with Crippen LogP contribution in [0.4, 0.5) is 5.69 Å². The van der Waals surface area contributed by atoms with Crippen molar-refractivity contribution in [1.82, 2.24) is 9.88 Å². The number of carbonyl (C=O) groups is 3. The Labute approximate surface area is 241 Å². The Morgan fingerprint density at radius 1 is 1.12 bits per heavy atom. The van der Waals surface area contributed by atoms with Crippen LogP contribution in [-0.2, 0) is 20.8 Å². The molecule has 3 aliphatic rings. The minimum absolute atomic E-state index is 0.0711. The van der Waals surface area contributed by atoms with Crippen molar-refractivity contribution in [2.24, 2.45) is 17.6 Å². The van der Waals surface area contributed by atoms with Gasteiger partial charge >= 0.3 is 0 Å². The number of nitrogens with zero attached hydrogens (tertiary/aromatic N) is 3. The van der Waals surface area contributed by atoms with Gasteiger partial charge in [0, 0.05) is 36.8 Å². The number of hydrogen-bond donors (Lipinski definition) is 4. The number of oxazole rings is 1. The molecule has 0 spiro atoms. The highest BCUT2D eigenvalue weighted by molar-refractivity contribution is 6.24. The van der Waals surface area contributed by atoms with Crippen LogP contribution in [0.15, 0.2) is 51.7 Å². The number of aliphatic hydroxyl groups excluding tert-OH is 2. The molecule has 1 heterocycles. The normalized spacial score (nSPS) is 25.5. The first-order valence-corrected chi connectivity index (χ1v) is 13.6. The number of carbonyl (C=O) groups excluding carboxylic acids is 3. The lowest BCUT2D eigenvalue weighted by molar-refractivity contribution is -0.153. The summed E-state index contributed by atoms with van der Waals surface area (Å²) in [5.41, 5.74) is 6.18. The number of benzene rings is 2. The number of rotatable bonds is 4. The molecule has 1 fully saturated rings. The van der Waals surface area contributed by atoms with Gasteiger partial charge in [-0.25, -0.2) is 4.98 Å². The van der Waals surface area contributed by atoms with Gasteiger partial charge in [-0.15, -0.1) is 0 Å². The van der Waals surface area contributed by atoms with Crippen LogP contribution in [0.5, 0.6) is 0 Å². The van der Waals surface area contributed by atoms with E-state index in [0.717, 1.165) is 22.4 Å². The van der Waals surface area contributed by atoms with E-state index >= 15 is 0 Å². The summed E-state index contributed by atoms with van der Waals surface area (Å²) in [5.74, 6) is -5.82. The van der Waals surface area contributed by atoms with Crippen molar-refractivity contribution in [3.63, 3.8) is 0 Å². The molecule has 0 saturated heterocycles. The van der Waals surface area contributed by atoms with E-state index in [4.69, 9.17) is 10.2 Å². The summed E-state index contributed by atoms with van der Waals surface area (Å²) < 4.78 is 6.21. The molecule has 3 aliphatic carbocycles. The first-order chi connectivity index (χ1) is 19.8. The monoisotopic (exact) mass is 572 g/mol. The van der Waals surface area contributed by atoms with Crippen molar-refractivity contribution >= 4 is 40.0 Å². The molecule has 11 nitrogen and oxygen atoms in total. The van der Waals surface area contributed by atoms with Gasteiger partial charge in [0.25, 0.3) is 5.91 Å². The van der Waals surface area contributed by atoms with E-state index in [0.29, 0.717) is 17.8 Å². The molecule has 218 valence electrons. The molecule has 11 heteroatoms. The maximum Gasteiger partial charge on any atom is 0.255 e. The van der Waals surface area contributed by atoms with E-state index in [-0.39, 0.29) is 23.1 Å². The number of aliphatic hydroxyl groups is 3. The zero-order chi connectivity index (χ0) is 30.4. The Hall–Kier alpha value is -4.48. The maximum atomic E-state index is 14.2. The van der Waals surface area contributed by atoms with Crippen LogP contribution in [0.25, 0.3) is 28.3 Å². The highest BCUT2D eigenvalue weighted by Gasteiger charge is 2.64. The highest BCUT2D eigenvalue weighted by atomic mass is 16.4. The Kier molecular flexibility index (Phi) is 6.11. The molecule has 4 atom stereocenters. The molecule has 1 saturated carbocycles. The minimum atomic E-state index is -2.64. The number of Topliss-reactive ketones (excluding diaryl/α,β-unsaturated/α-hetero) is 2. The molecule has 3 aromatic rings. The van der Waals surface area contributed by atoms with Gasteiger partial charge in [-0.1, -0.05) is 17.7 Å². The number of ketones is 2. The zero-order valence-electron chi connectivity index (χ0n) is 23.9. The molecule has 0 radical (unpaired) electrons. The summed E-state index contributed by atoms with van der Waals surface area (Å²) in [6.07, 6.45) is 0.361. The number of aryl methyl sites for hydroxylation is 1. The van der Waals surface area contributed by atoms with Crippen molar-refractivity contribution in [2.75, 3.05) is 33.1 Å². The molecule has 5 N–H and O–H groups in total. The smallest absolute Gasteiger partial charge is 0.255 e. The van der Waals surface area contributed by atoms with Gasteiger partial charge in [0.05, 0.1) is 11.6 Å². The van der Waals surface area contributed by atoms with Gasteiger partial charge in [-0.2, -0.15) is 0 Å². The summed E-state index contributed by atoms with van der Waals surface area (Å²) in [6.45, 7) is 1.97. The summed E-state index contributed by atoms with van der Waals surface area (Å²) in [7, 11) is 6.90. The molecular formula is C31H32N4O7. The van der Waals surface area contributed by atoms with Crippen LogP contribution in [-0.4, -0.2) is 82.5 Å². The van der Waals surface area contributed by atoms with Crippen LogP contribution >= 0.6 is 0 Å². The fourth-order valence-corrected chi connectivity index (χ4v) is 6.90. The Morgan fingerprint density at radius 2 is 1.79 bits per heavy atom. The van der Waals surface area contributed by atoms with E-state index in [2.05, 4.69) is 4.98 Å². The van der Waals surface area contributed by atoms with E-state index < -0.39 is 58.0 Å². The molecular weight excluding hydrogens is 540 g/mol. The third kappa shape index (κ3) is 3.66. The molecule has 42 heavy (non-hydrogen) atoms. The van der Waals surface area contributed by atoms with Crippen molar-refractivity contribution in [2.45, 2.75) is 31.4 Å². The highest BCUT2D eigenvalue weighted by Crippen LogP contribution is 2.53. The van der Waals surface area contributed by atoms with Crippen LogP contribution < -0.4 is 10.6 Å². The first-order valence-electron chi connectivity index (χ1n) is 13.6. The van der Waals surface area contributed by atoms with Gasteiger partial charge < -0.3 is 30.4 Å². The summed E-state index contributed by atoms with van der Waals surface area (Å²) in [5, 5.41) is 34.8. The third-order valence-electron chi connectivity index (χ3n) is 8.86. The van der Waals surface area contributed by atoms with Crippen LogP contribution in [0.1, 0.15) is 23.1 Å². The zero-order valence-corrected chi connectivity index (χ0v) is 23.9. The van der Waals surface area contributed by atoms with Crippen molar-refractivity contribution < 1.29 is 34.1 Å². The van der Waals surface area contributed by atoms with Crippen LogP contribution in [0.3, 0.4) is 0 Å². The van der Waals surface area contributed by atoms with Crippen molar-refractivity contribution in [3.8, 4) is 11.5 Å². The molecule has 1 aromatic heterocycles. The van der Waals surface area contributed by atoms with E-state index in [9.17, 15) is 29.7 Å². The summed E-state index contributed by atoms with van der Waals surface area (Å²) in [6, 6.07) is 8.39. The van der Waals surface area contributed by atoms with Gasteiger partial charge in [-0.3, -0.25) is 19.3 Å². The van der Waals surface area contributed by atoms with E-state index in [1.54, 1.807) is 14.1 Å².